The Morgan fingerprint density at radius 1 is 1.67 bits per heavy atom. The predicted octanol–water partition coefficient (Wildman–Crippen LogP) is -0.395. The highest BCUT2D eigenvalue weighted by atomic mass is 16.2. The van der Waals surface area contributed by atoms with E-state index in [1.165, 1.54) is 0 Å². The molecule has 1 saturated heterocycles. The summed E-state index contributed by atoms with van der Waals surface area (Å²) < 4.78 is 1.74. The number of aryl methyl sites for hydroxylation is 1. The zero-order valence-corrected chi connectivity index (χ0v) is 10.5. The number of carbonyl (C=O) groups excluding carboxylic acids is 2. The van der Waals surface area contributed by atoms with Gasteiger partial charge in [-0.2, -0.15) is 5.10 Å². The molecule has 2 rings (SSSR count). The lowest BCUT2D eigenvalue weighted by Gasteiger charge is -2.21. The minimum absolute atomic E-state index is 0.0268. The number of aromatic nitrogens is 2. The second-order valence-corrected chi connectivity index (χ2v) is 4.60. The van der Waals surface area contributed by atoms with Crippen LogP contribution in [0.3, 0.4) is 0 Å². The molecule has 0 radical (unpaired) electrons. The van der Waals surface area contributed by atoms with E-state index in [-0.39, 0.29) is 17.7 Å². The number of rotatable bonds is 4. The highest BCUT2D eigenvalue weighted by Gasteiger charge is 2.23. The van der Waals surface area contributed by atoms with Crippen LogP contribution in [0, 0.1) is 5.92 Å². The maximum atomic E-state index is 11.8. The molecule has 0 aromatic carbocycles. The Bertz CT molecular complexity index is 431. The van der Waals surface area contributed by atoms with Crippen molar-refractivity contribution in [2.45, 2.75) is 19.3 Å². The van der Waals surface area contributed by atoms with Crippen LogP contribution in [-0.4, -0.2) is 34.7 Å². The molecule has 0 aliphatic carbocycles. The van der Waals surface area contributed by atoms with Crippen molar-refractivity contribution in [1.82, 2.24) is 20.4 Å². The second kappa shape index (κ2) is 5.66. The Morgan fingerprint density at radius 3 is 3.11 bits per heavy atom. The van der Waals surface area contributed by atoms with Gasteiger partial charge in [-0.1, -0.05) is 0 Å². The predicted molar refractivity (Wildman–Crippen MR) is 65.7 cm³/mol. The largest absolute Gasteiger partial charge is 0.355 e. The number of piperidine rings is 1. The number of nitrogens with zero attached hydrogens (tertiary/aromatic N) is 2. The van der Waals surface area contributed by atoms with E-state index in [2.05, 4.69) is 15.7 Å². The van der Waals surface area contributed by atoms with Gasteiger partial charge in [-0.15, -0.1) is 0 Å². The highest BCUT2D eigenvalue weighted by Crippen LogP contribution is 2.10. The molecule has 2 heterocycles. The van der Waals surface area contributed by atoms with Crippen LogP contribution in [0.15, 0.2) is 12.4 Å². The van der Waals surface area contributed by atoms with Gasteiger partial charge in [0, 0.05) is 32.8 Å². The van der Waals surface area contributed by atoms with Crippen molar-refractivity contribution in [1.29, 1.82) is 0 Å². The van der Waals surface area contributed by atoms with Gasteiger partial charge in [-0.05, 0) is 18.4 Å². The normalized spacial score (nSPS) is 19.4. The smallest absolute Gasteiger partial charge is 0.224 e. The number of nitrogens with one attached hydrogen (secondary N) is 2. The maximum absolute atomic E-state index is 11.8. The molecule has 1 fully saturated rings. The fraction of sp³-hybridized carbons (Fsp3) is 0.583. The first-order valence-electron chi connectivity index (χ1n) is 6.17. The van der Waals surface area contributed by atoms with Crippen LogP contribution in [0.2, 0.25) is 0 Å². The van der Waals surface area contributed by atoms with Crippen LogP contribution < -0.4 is 10.6 Å². The molecule has 1 unspecified atom stereocenters. The lowest BCUT2D eigenvalue weighted by molar-refractivity contribution is -0.128. The molecule has 2 N–H and O–H groups in total. The SMILES string of the molecule is Cn1cc(CCNC(=O)C2CCC(=O)NC2)cn1. The average molecular weight is 250 g/mol. The topological polar surface area (TPSA) is 76.0 Å². The lowest BCUT2D eigenvalue weighted by atomic mass is 9.98. The number of carbonyl (C=O) groups is 2. The third kappa shape index (κ3) is 3.32. The van der Waals surface area contributed by atoms with Gasteiger partial charge in [-0.25, -0.2) is 0 Å². The van der Waals surface area contributed by atoms with E-state index in [0.29, 0.717) is 25.9 Å². The van der Waals surface area contributed by atoms with Gasteiger partial charge in [0.1, 0.15) is 0 Å². The van der Waals surface area contributed by atoms with Crippen molar-refractivity contribution < 1.29 is 9.59 Å². The summed E-state index contributed by atoms with van der Waals surface area (Å²) in [5.74, 6) is -0.0232. The molecule has 1 atom stereocenters. The van der Waals surface area contributed by atoms with E-state index in [4.69, 9.17) is 0 Å². The Balaban J connectivity index is 1.70. The van der Waals surface area contributed by atoms with Gasteiger partial charge in [0.15, 0.2) is 0 Å². The van der Waals surface area contributed by atoms with Gasteiger partial charge in [0.05, 0.1) is 12.1 Å². The first-order chi connectivity index (χ1) is 8.65. The molecular weight excluding hydrogens is 232 g/mol. The Labute approximate surface area is 106 Å². The number of amides is 2. The summed E-state index contributed by atoms with van der Waals surface area (Å²) in [7, 11) is 1.87. The average Bonchev–Trinajstić information content (AvgIpc) is 2.76. The van der Waals surface area contributed by atoms with E-state index in [9.17, 15) is 9.59 Å². The van der Waals surface area contributed by atoms with Crippen LogP contribution in [0.4, 0.5) is 0 Å². The molecule has 1 aromatic rings. The summed E-state index contributed by atoms with van der Waals surface area (Å²) in [6.45, 7) is 1.06. The molecule has 18 heavy (non-hydrogen) atoms. The minimum atomic E-state index is -0.0865. The zero-order valence-electron chi connectivity index (χ0n) is 10.5. The third-order valence-electron chi connectivity index (χ3n) is 3.11. The van der Waals surface area contributed by atoms with E-state index in [1.807, 2.05) is 13.2 Å². The molecule has 0 saturated carbocycles. The third-order valence-corrected chi connectivity index (χ3v) is 3.11. The molecule has 1 aliphatic rings. The second-order valence-electron chi connectivity index (χ2n) is 4.60. The molecular formula is C12H18N4O2. The highest BCUT2D eigenvalue weighted by molar-refractivity contribution is 5.83. The quantitative estimate of drug-likeness (QED) is 0.764. The summed E-state index contributed by atoms with van der Waals surface area (Å²) in [4.78, 5) is 22.8. The molecule has 1 aliphatic heterocycles. The lowest BCUT2D eigenvalue weighted by Crippen LogP contribution is -2.43. The standard InChI is InChI=1S/C12H18N4O2/c1-16-8-9(6-15-16)4-5-13-12(18)10-2-3-11(17)14-7-10/h6,8,10H,2-5,7H2,1H3,(H,13,18)(H,14,17). The van der Waals surface area contributed by atoms with Crippen molar-refractivity contribution in [3.8, 4) is 0 Å². The van der Waals surface area contributed by atoms with Crippen LogP contribution in [0.25, 0.3) is 0 Å². The summed E-state index contributed by atoms with van der Waals surface area (Å²) in [5, 5.41) is 9.68. The summed E-state index contributed by atoms with van der Waals surface area (Å²) >= 11 is 0. The Morgan fingerprint density at radius 2 is 2.50 bits per heavy atom. The molecule has 1 aromatic heterocycles. The zero-order chi connectivity index (χ0) is 13.0. The fourth-order valence-electron chi connectivity index (χ4n) is 2.03. The first kappa shape index (κ1) is 12.6. The molecule has 6 heteroatoms. The van der Waals surface area contributed by atoms with Crippen LogP contribution in [0.1, 0.15) is 18.4 Å². The first-order valence-corrected chi connectivity index (χ1v) is 6.17. The summed E-state index contributed by atoms with van der Waals surface area (Å²) in [6, 6.07) is 0. The van der Waals surface area contributed by atoms with Crippen LogP contribution >= 0.6 is 0 Å². The van der Waals surface area contributed by atoms with Crippen molar-refractivity contribution in [2.24, 2.45) is 13.0 Å². The Kier molecular flexibility index (Phi) is 3.96. The molecule has 0 bridgehead atoms. The molecule has 98 valence electrons. The van der Waals surface area contributed by atoms with Gasteiger partial charge in [0.2, 0.25) is 11.8 Å². The minimum Gasteiger partial charge on any atom is -0.355 e. The van der Waals surface area contributed by atoms with Crippen LogP contribution in [-0.2, 0) is 23.1 Å². The molecule has 2 amide bonds. The summed E-state index contributed by atoms with van der Waals surface area (Å²) in [6.07, 6.45) is 5.60. The monoisotopic (exact) mass is 250 g/mol. The van der Waals surface area contributed by atoms with Crippen molar-refractivity contribution in [3.05, 3.63) is 18.0 Å². The number of hydrogen-bond acceptors (Lipinski definition) is 3. The summed E-state index contributed by atoms with van der Waals surface area (Å²) in [5.41, 5.74) is 1.11. The molecule has 6 nitrogen and oxygen atoms in total. The van der Waals surface area contributed by atoms with Gasteiger partial charge in [-0.3, -0.25) is 14.3 Å². The van der Waals surface area contributed by atoms with Crippen molar-refractivity contribution in [2.75, 3.05) is 13.1 Å². The van der Waals surface area contributed by atoms with E-state index in [1.54, 1.807) is 10.9 Å². The van der Waals surface area contributed by atoms with Crippen LogP contribution in [0.5, 0.6) is 0 Å². The van der Waals surface area contributed by atoms with E-state index in [0.717, 1.165) is 12.0 Å². The number of hydrogen-bond donors (Lipinski definition) is 2. The van der Waals surface area contributed by atoms with E-state index < -0.39 is 0 Å². The Hall–Kier alpha value is -1.85. The van der Waals surface area contributed by atoms with Crippen molar-refractivity contribution in [3.63, 3.8) is 0 Å². The maximum Gasteiger partial charge on any atom is 0.224 e. The van der Waals surface area contributed by atoms with Gasteiger partial charge >= 0.3 is 0 Å². The van der Waals surface area contributed by atoms with Gasteiger partial charge < -0.3 is 10.6 Å². The van der Waals surface area contributed by atoms with E-state index >= 15 is 0 Å². The molecule has 0 spiro atoms. The van der Waals surface area contributed by atoms with Crippen molar-refractivity contribution >= 4 is 11.8 Å². The van der Waals surface area contributed by atoms with Gasteiger partial charge in [0.25, 0.3) is 0 Å². The fourth-order valence-corrected chi connectivity index (χ4v) is 2.03.